The lowest BCUT2D eigenvalue weighted by atomic mass is 10.4. The lowest BCUT2D eigenvalue weighted by Gasteiger charge is -1.93. The van der Waals surface area contributed by atoms with Crippen LogP contribution in [0.3, 0.4) is 0 Å². The quantitative estimate of drug-likeness (QED) is 0.669. The number of furan rings is 1. The summed E-state index contributed by atoms with van der Waals surface area (Å²) in [5, 5.41) is 0.841. The second-order valence-electron chi connectivity index (χ2n) is 2.49. The Morgan fingerprint density at radius 1 is 1.29 bits per heavy atom. The van der Waals surface area contributed by atoms with Gasteiger partial charge < -0.3 is 4.42 Å². The molecular weight excluding hydrogens is 221 g/mol. The van der Waals surface area contributed by atoms with E-state index in [9.17, 15) is 0 Å². The van der Waals surface area contributed by atoms with Gasteiger partial charge in [0.15, 0.2) is 5.58 Å². The Kier molecular flexibility index (Phi) is 3.78. The monoisotopic (exact) mass is 231 g/mol. The van der Waals surface area contributed by atoms with Crippen LogP contribution in [0.1, 0.15) is 19.6 Å². The summed E-state index contributed by atoms with van der Waals surface area (Å²) in [6.07, 6.45) is 1.52. The van der Waals surface area contributed by atoms with Crippen LogP contribution in [0, 0.1) is 6.92 Å². The molecule has 0 saturated heterocycles. The van der Waals surface area contributed by atoms with Crippen molar-refractivity contribution < 1.29 is 4.42 Å². The van der Waals surface area contributed by atoms with Crippen LogP contribution in [0.4, 0.5) is 0 Å². The molecule has 2 heterocycles. The number of nitrogens with zero attached hydrogens (tertiary/aromatic N) is 1. The van der Waals surface area contributed by atoms with Crippen LogP contribution in [0.15, 0.2) is 16.7 Å². The van der Waals surface area contributed by atoms with Gasteiger partial charge in [-0.1, -0.05) is 37.0 Å². The molecule has 0 spiro atoms. The number of pyridine rings is 1. The highest BCUT2D eigenvalue weighted by atomic mass is 35.5. The van der Waals surface area contributed by atoms with Crippen molar-refractivity contribution in [2.75, 3.05) is 0 Å². The average Bonchev–Trinajstić information content (AvgIpc) is 2.57. The van der Waals surface area contributed by atoms with Gasteiger partial charge in [0.25, 0.3) is 0 Å². The van der Waals surface area contributed by atoms with E-state index in [0.717, 1.165) is 11.3 Å². The number of fused-ring (bicyclic) bond motifs is 1. The van der Waals surface area contributed by atoms with Crippen LogP contribution >= 0.6 is 23.2 Å². The van der Waals surface area contributed by atoms with E-state index in [0.29, 0.717) is 15.6 Å². The van der Waals surface area contributed by atoms with Crippen LogP contribution in [-0.2, 0) is 0 Å². The summed E-state index contributed by atoms with van der Waals surface area (Å²) >= 11 is 11.6. The lowest BCUT2D eigenvalue weighted by Crippen LogP contribution is -1.74. The Hall–Kier alpha value is -0.730. The molecule has 0 saturated carbocycles. The van der Waals surface area contributed by atoms with E-state index >= 15 is 0 Å². The molecular formula is C10H11Cl2NO. The number of aromatic nitrogens is 1. The number of rotatable bonds is 0. The van der Waals surface area contributed by atoms with Crippen molar-refractivity contribution in [1.29, 1.82) is 0 Å². The maximum atomic E-state index is 5.87. The summed E-state index contributed by atoms with van der Waals surface area (Å²) in [5.41, 5.74) is 1.29. The van der Waals surface area contributed by atoms with Crippen molar-refractivity contribution in [3.05, 3.63) is 28.1 Å². The van der Waals surface area contributed by atoms with Gasteiger partial charge in [-0.3, -0.25) is 4.98 Å². The molecule has 0 aromatic carbocycles. The van der Waals surface area contributed by atoms with Crippen molar-refractivity contribution in [3.63, 3.8) is 0 Å². The van der Waals surface area contributed by atoms with Gasteiger partial charge in [0, 0.05) is 12.3 Å². The zero-order chi connectivity index (χ0) is 10.7. The highest BCUT2D eigenvalue weighted by molar-refractivity contribution is 6.44. The van der Waals surface area contributed by atoms with Crippen LogP contribution in [-0.4, -0.2) is 4.98 Å². The third-order valence-corrected chi connectivity index (χ3v) is 2.32. The minimum absolute atomic E-state index is 0.415. The maximum absolute atomic E-state index is 5.87. The predicted molar refractivity (Wildman–Crippen MR) is 60.1 cm³/mol. The molecule has 14 heavy (non-hydrogen) atoms. The van der Waals surface area contributed by atoms with E-state index in [4.69, 9.17) is 27.6 Å². The van der Waals surface area contributed by atoms with Gasteiger partial charge in [0.1, 0.15) is 16.3 Å². The summed E-state index contributed by atoms with van der Waals surface area (Å²) in [7, 11) is 0. The molecule has 2 nitrogen and oxygen atoms in total. The van der Waals surface area contributed by atoms with Gasteiger partial charge in [-0.25, -0.2) is 0 Å². The first-order chi connectivity index (χ1) is 6.68. The summed E-state index contributed by atoms with van der Waals surface area (Å²) < 4.78 is 5.30. The van der Waals surface area contributed by atoms with Crippen molar-refractivity contribution >= 4 is 34.3 Å². The van der Waals surface area contributed by atoms with Crippen molar-refractivity contribution in [1.82, 2.24) is 4.98 Å². The zero-order valence-corrected chi connectivity index (χ0v) is 9.78. The lowest BCUT2D eigenvalue weighted by molar-refractivity contribution is 0.578. The molecule has 0 unspecified atom stereocenters. The van der Waals surface area contributed by atoms with Gasteiger partial charge in [0.2, 0.25) is 0 Å². The van der Waals surface area contributed by atoms with Gasteiger partial charge >= 0.3 is 0 Å². The second-order valence-corrected chi connectivity index (χ2v) is 3.28. The molecule has 0 N–H and O–H groups in total. The highest BCUT2D eigenvalue weighted by Gasteiger charge is 2.08. The number of hydrogen-bond acceptors (Lipinski definition) is 2. The van der Waals surface area contributed by atoms with Gasteiger partial charge in [-0.2, -0.15) is 0 Å². The largest absolute Gasteiger partial charge is 0.458 e. The van der Waals surface area contributed by atoms with Crippen molar-refractivity contribution in [3.8, 4) is 0 Å². The molecule has 4 heteroatoms. The standard InChI is InChI=1S/C8H5Cl2NO.C2H6/c1-4-2-6-8(12-4)7(10)5(9)3-11-6;1-2/h2-3H,1H3;1-2H3. The third kappa shape index (κ3) is 2.02. The molecule has 0 bridgehead atoms. The van der Waals surface area contributed by atoms with Crippen molar-refractivity contribution in [2.24, 2.45) is 0 Å². The number of halogens is 2. The number of hydrogen-bond donors (Lipinski definition) is 0. The van der Waals surface area contributed by atoms with Crippen LogP contribution in [0.25, 0.3) is 11.1 Å². The molecule has 2 rings (SSSR count). The predicted octanol–water partition coefficient (Wildman–Crippen LogP) is 4.47. The Bertz CT molecular complexity index is 437. The molecule has 0 amide bonds. The smallest absolute Gasteiger partial charge is 0.172 e. The first-order valence-corrected chi connectivity index (χ1v) is 5.14. The normalized spacial score (nSPS) is 9.79. The molecule has 0 fully saturated rings. The highest BCUT2D eigenvalue weighted by Crippen LogP contribution is 2.30. The molecule has 0 aliphatic carbocycles. The van der Waals surface area contributed by atoms with E-state index in [1.165, 1.54) is 6.20 Å². The number of aryl methyl sites for hydroxylation is 1. The molecule has 76 valence electrons. The summed E-state index contributed by atoms with van der Waals surface area (Å²) in [4.78, 5) is 4.05. The Morgan fingerprint density at radius 2 is 1.93 bits per heavy atom. The molecule has 2 aromatic rings. The summed E-state index contributed by atoms with van der Waals surface area (Å²) in [5.74, 6) is 0.779. The topological polar surface area (TPSA) is 26.0 Å². The fraction of sp³-hybridized carbons (Fsp3) is 0.300. The van der Waals surface area contributed by atoms with Crippen molar-refractivity contribution in [2.45, 2.75) is 20.8 Å². The molecule has 2 aromatic heterocycles. The summed E-state index contributed by atoms with van der Waals surface area (Å²) in [6.45, 7) is 5.84. The zero-order valence-electron chi connectivity index (χ0n) is 8.27. The fourth-order valence-corrected chi connectivity index (χ4v) is 1.36. The minimum Gasteiger partial charge on any atom is -0.458 e. The Balaban J connectivity index is 0.000000461. The molecule has 0 aliphatic rings. The third-order valence-electron chi connectivity index (χ3n) is 1.56. The van der Waals surface area contributed by atoms with Gasteiger partial charge in [0.05, 0.1) is 5.02 Å². The van der Waals surface area contributed by atoms with E-state index in [-0.39, 0.29) is 0 Å². The molecule has 0 radical (unpaired) electrons. The van der Waals surface area contributed by atoms with Crippen LogP contribution in [0.2, 0.25) is 10.0 Å². The first-order valence-electron chi connectivity index (χ1n) is 4.38. The first kappa shape index (κ1) is 11.3. The molecule has 0 aliphatic heterocycles. The molecule has 0 atom stereocenters. The van der Waals surface area contributed by atoms with Crippen LogP contribution < -0.4 is 0 Å². The van der Waals surface area contributed by atoms with Crippen LogP contribution in [0.5, 0.6) is 0 Å². The average molecular weight is 232 g/mol. The van der Waals surface area contributed by atoms with E-state index in [2.05, 4.69) is 4.98 Å². The fourth-order valence-electron chi connectivity index (χ4n) is 1.05. The SMILES string of the molecule is CC.Cc1cc2ncc(Cl)c(Cl)c2o1. The maximum Gasteiger partial charge on any atom is 0.172 e. The van der Waals surface area contributed by atoms with E-state index in [1.807, 2.05) is 26.8 Å². The van der Waals surface area contributed by atoms with Gasteiger partial charge in [-0.05, 0) is 6.92 Å². The van der Waals surface area contributed by atoms with E-state index < -0.39 is 0 Å². The summed E-state index contributed by atoms with van der Waals surface area (Å²) in [6, 6.07) is 1.82. The van der Waals surface area contributed by atoms with E-state index in [1.54, 1.807) is 0 Å². The second kappa shape index (κ2) is 4.67. The minimum atomic E-state index is 0.415. The Labute approximate surface area is 92.8 Å². The van der Waals surface area contributed by atoms with Gasteiger partial charge in [-0.15, -0.1) is 0 Å². The Morgan fingerprint density at radius 3 is 2.57 bits per heavy atom.